The predicted molar refractivity (Wildman–Crippen MR) is 67.0 cm³/mol. The molecule has 0 saturated carbocycles. The van der Waals surface area contributed by atoms with Gasteiger partial charge in [0, 0.05) is 5.02 Å². The maximum atomic E-state index is 11.8. The Morgan fingerprint density at radius 3 is 2.72 bits per heavy atom. The van der Waals surface area contributed by atoms with E-state index in [2.05, 4.69) is 5.32 Å². The third kappa shape index (κ3) is 3.92. The second kappa shape index (κ2) is 6.86. The van der Waals surface area contributed by atoms with Crippen molar-refractivity contribution < 1.29 is 19.1 Å². The van der Waals surface area contributed by atoms with Crippen LogP contribution in [-0.2, 0) is 9.53 Å². The number of methoxy groups -OCH3 is 1. The summed E-state index contributed by atoms with van der Waals surface area (Å²) in [5.41, 5.74) is 0.311. The van der Waals surface area contributed by atoms with Crippen LogP contribution >= 0.6 is 11.6 Å². The lowest BCUT2D eigenvalue weighted by molar-refractivity contribution is -0.141. The van der Waals surface area contributed by atoms with Crippen LogP contribution in [0.25, 0.3) is 0 Å². The maximum absolute atomic E-state index is 11.8. The van der Waals surface area contributed by atoms with Crippen LogP contribution in [0.15, 0.2) is 18.2 Å². The number of carbonyl (C=O) groups excluding carboxylic acids is 2. The minimum absolute atomic E-state index is 0.182. The van der Waals surface area contributed by atoms with Gasteiger partial charge in [0.05, 0.1) is 19.3 Å². The fraction of sp³-hybridized carbons (Fsp3) is 0.333. The van der Waals surface area contributed by atoms with Crippen molar-refractivity contribution in [2.24, 2.45) is 0 Å². The van der Waals surface area contributed by atoms with E-state index in [4.69, 9.17) is 21.1 Å². The van der Waals surface area contributed by atoms with Crippen molar-refractivity contribution in [2.75, 3.05) is 20.3 Å². The molecule has 6 heteroatoms. The lowest BCUT2D eigenvalue weighted by Crippen LogP contribution is -2.30. The van der Waals surface area contributed by atoms with Gasteiger partial charge < -0.3 is 14.8 Å². The number of nitrogens with one attached hydrogen (secondary N) is 1. The summed E-state index contributed by atoms with van der Waals surface area (Å²) in [6, 6.07) is 4.63. The maximum Gasteiger partial charge on any atom is 0.325 e. The van der Waals surface area contributed by atoms with Crippen molar-refractivity contribution in [1.82, 2.24) is 5.32 Å². The molecule has 0 radical (unpaired) electrons. The highest BCUT2D eigenvalue weighted by atomic mass is 35.5. The molecule has 1 amide bonds. The van der Waals surface area contributed by atoms with Gasteiger partial charge in [-0.15, -0.1) is 0 Å². The minimum atomic E-state index is -0.487. The van der Waals surface area contributed by atoms with Gasteiger partial charge in [-0.05, 0) is 25.1 Å². The Kier molecular flexibility index (Phi) is 5.45. The van der Waals surface area contributed by atoms with Gasteiger partial charge in [0.1, 0.15) is 12.3 Å². The normalized spacial score (nSPS) is 9.72. The average molecular weight is 272 g/mol. The van der Waals surface area contributed by atoms with E-state index in [9.17, 15) is 9.59 Å². The molecular weight excluding hydrogens is 258 g/mol. The SMILES string of the molecule is CCOC(=O)CNC(=O)c1ccc(Cl)cc1OC. The number of ether oxygens (including phenoxy) is 2. The molecule has 0 bridgehead atoms. The van der Waals surface area contributed by atoms with Crippen LogP contribution in [-0.4, -0.2) is 32.1 Å². The third-order valence-electron chi connectivity index (χ3n) is 2.11. The number of rotatable bonds is 5. The van der Waals surface area contributed by atoms with E-state index in [1.165, 1.54) is 19.2 Å². The number of hydrogen-bond acceptors (Lipinski definition) is 4. The molecule has 0 saturated heterocycles. The largest absolute Gasteiger partial charge is 0.496 e. The molecule has 0 fully saturated rings. The van der Waals surface area contributed by atoms with E-state index >= 15 is 0 Å². The van der Waals surface area contributed by atoms with E-state index in [0.29, 0.717) is 16.3 Å². The first-order chi connectivity index (χ1) is 8.58. The molecule has 0 atom stereocenters. The monoisotopic (exact) mass is 271 g/mol. The van der Waals surface area contributed by atoms with E-state index in [0.717, 1.165) is 0 Å². The summed E-state index contributed by atoms with van der Waals surface area (Å²) in [5, 5.41) is 2.91. The summed E-state index contributed by atoms with van der Waals surface area (Å²) in [5.74, 6) is -0.556. The van der Waals surface area contributed by atoms with Crippen molar-refractivity contribution in [3.8, 4) is 5.75 Å². The van der Waals surface area contributed by atoms with Gasteiger partial charge in [-0.25, -0.2) is 0 Å². The molecule has 18 heavy (non-hydrogen) atoms. The first-order valence-electron chi connectivity index (χ1n) is 5.35. The zero-order valence-corrected chi connectivity index (χ0v) is 10.9. The Bertz CT molecular complexity index is 448. The Balaban J connectivity index is 2.69. The van der Waals surface area contributed by atoms with Crippen LogP contribution in [0.1, 0.15) is 17.3 Å². The van der Waals surface area contributed by atoms with Crippen molar-refractivity contribution in [2.45, 2.75) is 6.92 Å². The third-order valence-corrected chi connectivity index (χ3v) is 2.34. The Morgan fingerprint density at radius 2 is 2.11 bits per heavy atom. The van der Waals surface area contributed by atoms with Gasteiger partial charge in [0.25, 0.3) is 5.91 Å². The highest BCUT2D eigenvalue weighted by molar-refractivity contribution is 6.30. The van der Waals surface area contributed by atoms with E-state index in [1.807, 2.05) is 0 Å². The molecule has 98 valence electrons. The smallest absolute Gasteiger partial charge is 0.325 e. The molecule has 0 heterocycles. The van der Waals surface area contributed by atoms with E-state index in [-0.39, 0.29) is 13.2 Å². The van der Waals surface area contributed by atoms with E-state index in [1.54, 1.807) is 13.0 Å². The van der Waals surface area contributed by atoms with Crippen LogP contribution < -0.4 is 10.1 Å². The summed E-state index contributed by atoms with van der Waals surface area (Å²) >= 11 is 5.78. The number of benzene rings is 1. The van der Waals surface area contributed by atoms with Crippen molar-refractivity contribution >= 4 is 23.5 Å². The number of halogens is 1. The molecule has 1 aromatic rings. The molecule has 0 aliphatic rings. The molecule has 0 unspecified atom stereocenters. The molecule has 5 nitrogen and oxygen atoms in total. The number of esters is 1. The fourth-order valence-corrected chi connectivity index (χ4v) is 1.47. The van der Waals surface area contributed by atoms with Gasteiger partial charge >= 0.3 is 5.97 Å². The quantitative estimate of drug-likeness (QED) is 0.827. The van der Waals surface area contributed by atoms with Crippen LogP contribution in [0.5, 0.6) is 5.75 Å². The lowest BCUT2D eigenvalue weighted by Gasteiger charge is -2.09. The van der Waals surface area contributed by atoms with Gasteiger partial charge in [-0.3, -0.25) is 9.59 Å². The van der Waals surface area contributed by atoms with Gasteiger partial charge in [-0.1, -0.05) is 11.6 Å². The summed E-state index contributed by atoms with van der Waals surface area (Å²) in [6.45, 7) is 1.79. The van der Waals surface area contributed by atoms with Crippen LogP contribution in [0.2, 0.25) is 5.02 Å². The molecule has 0 aromatic heterocycles. The summed E-state index contributed by atoms with van der Waals surface area (Å²) in [4.78, 5) is 22.9. The second-order valence-electron chi connectivity index (χ2n) is 3.33. The summed E-state index contributed by atoms with van der Waals surface area (Å²) in [6.07, 6.45) is 0. The van der Waals surface area contributed by atoms with Crippen LogP contribution in [0.4, 0.5) is 0 Å². The van der Waals surface area contributed by atoms with Crippen molar-refractivity contribution in [1.29, 1.82) is 0 Å². The van der Waals surface area contributed by atoms with Crippen molar-refractivity contribution in [3.05, 3.63) is 28.8 Å². The number of carbonyl (C=O) groups is 2. The second-order valence-corrected chi connectivity index (χ2v) is 3.77. The first kappa shape index (κ1) is 14.3. The molecular formula is C12H14ClNO4. The molecule has 0 spiro atoms. The molecule has 1 N–H and O–H groups in total. The van der Waals surface area contributed by atoms with Crippen LogP contribution in [0.3, 0.4) is 0 Å². The minimum Gasteiger partial charge on any atom is -0.496 e. The topological polar surface area (TPSA) is 64.6 Å². The highest BCUT2D eigenvalue weighted by Crippen LogP contribution is 2.22. The molecule has 0 aliphatic carbocycles. The fourth-order valence-electron chi connectivity index (χ4n) is 1.31. The standard InChI is InChI=1S/C12H14ClNO4/c1-3-18-11(15)7-14-12(16)9-5-4-8(13)6-10(9)17-2/h4-6H,3,7H2,1-2H3,(H,14,16). The van der Waals surface area contributed by atoms with Crippen LogP contribution in [0, 0.1) is 0 Å². The van der Waals surface area contributed by atoms with Gasteiger partial charge in [0.2, 0.25) is 0 Å². The zero-order valence-electron chi connectivity index (χ0n) is 10.2. The average Bonchev–Trinajstić information content (AvgIpc) is 2.36. The Morgan fingerprint density at radius 1 is 1.39 bits per heavy atom. The van der Waals surface area contributed by atoms with Gasteiger partial charge in [0.15, 0.2) is 0 Å². The van der Waals surface area contributed by atoms with E-state index < -0.39 is 11.9 Å². The summed E-state index contributed by atoms with van der Waals surface area (Å²) in [7, 11) is 1.44. The Hall–Kier alpha value is -1.75. The van der Waals surface area contributed by atoms with Crippen molar-refractivity contribution in [3.63, 3.8) is 0 Å². The molecule has 1 aromatic carbocycles. The lowest BCUT2D eigenvalue weighted by atomic mass is 10.2. The zero-order chi connectivity index (χ0) is 13.5. The number of hydrogen-bond donors (Lipinski definition) is 1. The molecule has 1 rings (SSSR count). The first-order valence-corrected chi connectivity index (χ1v) is 5.73. The van der Waals surface area contributed by atoms with Gasteiger partial charge in [-0.2, -0.15) is 0 Å². The molecule has 0 aliphatic heterocycles. The highest BCUT2D eigenvalue weighted by Gasteiger charge is 2.13. The predicted octanol–water partition coefficient (Wildman–Crippen LogP) is 1.64. The number of amides is 1. The summed E-state index contributed by atoms with van der Waals surface area (Å²) < 4.78 is 9.74. The Labute approximate surface area is 110 Å².